The summed E-state index contributed by atoms with van der Waals surface area (Å²) in [7, 11) is 0. The normalized spacial score (nSPS) is 39.0. The topological polar surface area (TPSA) is 124 Å². The van der Waals surface area contributed by atoms with Gasteiger partial charge >= 0.3 is 23.9 Å². The summed E-state index contributed by atoms with van der Waals surface area (Å²) in [5, 5.41) is 0. The van der Waals surface area contributed by atoms with E-state index in [1.807, 2.05) is 13.8 Å². The largest absolute Gasteiger partial charge is 0.462 e. The molecule has 0 spiro atoms. The lowest BCUT2D eigenvalue weighted by Gasteiger charge is -2.43. The Labute approximate surface area is 274 Å². The van der Waals surface area contributed by atoms with Crippen LogP contribution in [-0.2, 0) is 47.6 Å². The van der Waals surface area contributed by atoms with Crippen LogP contribution in [0.2, 0.25) is 0 Å². The van der Waals surface area contributed by atoms with Gasteiger partial charge < -0.3 is 28.4 Å². The predicted octanol–water partition coefficient (Wildman–Crippen LogP) is 6.00. The minimum absolute atomic E-state index is 0.0494. The Hall–Kier alpha value is -2.20. The highest BCUT2D eigenvalue weighted by Gasteiger charge is 2.45. The summed E-state index contributed by atoms with van der Waals surface area (Å²) in [6.45, 7) is 6.74. The van der Waals surface area contributed by atoms with Crippen LogP contribution in [0.1, 0.15) is 130 Å². The van der Waals surface area contributed by atoms with Gasteiger partial charge in [0.25, 0.3) is 0 Å². The van der Waals surface area contributed by atoms with Crippen LogP contribution >= 0.6 is 0 Å². The standard InChI is InChI=1S/C36H56O10/c1-21-29(41-23(3)37)15-27-17-33(25-11-7-5-8-12-25)46-36(40)20-32-22(2)30(42-24(4)38)16-28(44-32)18-34(26-13-9-6-10-14-26)45-35(39)19-31(21)43-27/h21-22,25-34H,5-20H2,1-4H3/t21-,22-,27+,28+,29+,30+,31+,32+,33+,34+/m1/s1. The van der Waals surface area contributed by atoms with Crippen LogP contribution in [0.5, 0.6) is 0 Å². The zero-order valence-electron chi connectivity index (χ0n) is 28.3. The van der Waals surface area contributed by atoms with E-state index in [0.29, 0.717) is 25.7 Å². The van der Waals surface area contributed by atoms with Crippen molar-refractivity contribution in [3.05, 3.63) is 0 Å². The molecule has 5 fully saturated rings. The molecule has 5 aliphatic rings. The van der Waals surface area contributed by atoms with Crippen LogP contribution in [0.25, 0.3) is 0 Å². The Kier molecular flexibility index (Phi) is 12.4. The van der Waals surface area contributed by atoms with Crippen LogP contribution in [0.4, 0.5) is 0 Å². The minimum atomic E-state index is -0.497. The van der Waals surface area contributed by atoms with Crippen molar-refractivity contribution in [2.24, 2.45) is 23.7 Å². The first-order chi connectivity index (χ1) is 22.0. The van der Waals surface area contributed by atoms with Gasteiger partial charge in [0, 0.05) is 51.4 Å². The van der Waals surface area contributed by atoms with Gasteiger partial charge in [0.15, 0.2) is 0 Å². The second kappa shape index (κ2) is 16.3. The van der Waals surface area contributed by atoms with Gasteiger partial charge in [-0.2, -0.15) is 0 Å². The molecule has 3 heterocycles. The fraction of sp³-hybridized carbons (Fsp3) is 0.889. The number of rotatable bonds is 4. The molecule has 10 atom stereocenters. The Morgan fingerprint density at radius 3 is 1.28 bits per heavy atom. The monoisotopic (exact) mass is 648 g/mol. The van der Waals surface area contributed by atoms with Crippen LogP contribution in [-0.4, -0.2) is 72.7 Å². The number of esters is 4. The lowest BCUT2D eigenvalue weighted by molar-refractivity contribution is -0.194. The highest BCUT2D eigenvalue weighted by atomic mass is 16.6. The van der Waals surface area contributed by atoms with E-state index in [1.165, 1.54) is 26.7 Å². The fourth-order valence-electron chi connectivity index (χ4n) is 8.75. The average molecular weight is 649 g/mol. The number of carbonyl (C=O) groups excluding carboxylic acids is 4. The fourth-order valence-corrected chi connectivity index (χ4v) is 8.75. The predicted molar refractivity (Wildman–Crippen MR) is 167 cm³/mol. The molecule has 10 heteroatoms. The van der Waals surface area contributed by atoms with Gasteiger partial charge in [0.2, 0.25) is 0 Å². The Balaban J connectivity index is 1.44. The second-order valence-corrected chi connectivity index (χ2v) is 14.8. The van der Waals surface area contributed by atoms with Gasteiger partial charge in [-0.3, -0.25) is 19.2 Å². The number of fused-ring (bicyclic) bond motifs is 4. The third kappa shape index (κ3) is 9.45. The number of cyclic esters (lactones) is 2. The number of carbonyl (C=O) groups is 4. The maximum Gasteiger partial charge on any atom is 0.308 e. The third-order valence-corrected chi connectivity index (χ3v) is 11.3. The molecule has 4 bridgehead atoms. The van der Waals surface area contributed by atoms with Crippen LogP contribution in [0.15, 0.2) is 0 Å². The summed E-state index contributed by atoms with van der Waals surface area (Å²) < 4.78 is 37.4. The number of hydrogen-bond acceptors (Lipinski definition) is 10. The summed E-state index contributed by atoms with van der Waals surface area (Å²) in [5.41, 5.74) is 0. The molecule has 0 aromatic rings. The Morgan fingerprint density at radius 1 is 0.565 bits per heavy atom. The molecule has 0 aromatic carbocycles. The lowest BCUT2D eigenvalue weighted by Crippen LogP contribution is -2.49. The molecule has 2 aliphatic carbocycles. The minimum Gasteiger partial charge on any atom is -0.462 e. The third-order valence-electron chi connectivity index (χ3n) is 11.3. The van der Waals surface area contributed by atoms with Crippen molar-refractivity contribution in [3.63, 3.8) is 0 Å². The molecule has 0 amide bonds. The average Bonchev–Trinajstić information content (AvgIpc) is 3.01. The van der Waals surface area contributed by atoms with E-state index in [4.69, 9.17) is 28.4 Å². The van der Waals surface area contributed by atoms with Crippen molar-refractivity contribution in [3.8, 4) is 0 Å². The van der Waals surface area contributed by atoms with Gasteiger partial charge in [-0.1, -0.05) is 52.4 Å². The molecule has 3 aliphatic heterocycles. The molecule has 0 N–H and O–H groups in total. The molecular weight excluding hydrogens is 592 g/mol. The van der Waals surface area contributed by atoms with Crippen molar-refractivity contribution in [2.75, 3.05) is 0 Å². The van der Waals surface area contributed by atoms with Crippen LogP contribution in [0.3, 0.4) is 0 Å². The van der Waals surface area contributed by atoms with E-state index < -0.39 is 24.4 Å². The summed E-state index contributed by atoms with van der Waals surface area (Å²) in [5.74, 6) is -1.37. The number of ether oxygens (including phenoxy) is 6. The molecule has 0 radical (unpaired) electrons. The van der Waals surface area contributed by atoms with Crippen molar-refractivity contribution in [2.45, 2.75) is 179 Å². The molecule has 10 nitrogen and oxygen atoms in total. The Morgan fingerprint density at radius 2 is 0.935 bits per heavy atom. The molecule has 0 unspecified atom stereocenters. The summed E-state index contributed by atoms with van der Waals surface area (Å²) in [6, 6.07) is 0. The number of hydrogen-bond donors (Lipinski definition) is 0. The maximum atomic E-state index is 13.7. The first-order valence-corrected chi connectivity index (χ1v) is 18.1. The summed E-state index contributed by atoms with van der Waals surface area (Å²) in [6.07, 6.45) is 9.34. The molecule has 260 valence electrons. The molecule has 46 heavy (non-hydrogen) atoms. The molecule has 3 saturated heterocycles. The molecule has 5 rings (SSSR count). The van der Waals surface area contributed by atoms with Gasteiger partial charge in [-0.25, -0.2) is 0 Å². The maximum absolute atomic E-state index is 13.7. The van der Waals surface area contributed by atoms with Crippen molar-refractivity contribution >= 4 is 23.9 Å². The van der Waals surface area contributed by atoms with Crippen molar-refractivity contribution in [1.29, 1.82) is 0 Å². The van der Waals surface area contributed by atoms with Gasteiger partial charge in [-0.15, -0.1) is 0 Å². The summed E-state index contributed by atoms with van der Waals surface area (Å²) >= 11 is 0. The van der Waals surface area contributed by atoms with E-state index in [9.17, 15) is 19.2 Å². The zero-order valence-corrected chi connectivity index (χ0v) is 28.3. The zero-order chi connectivity index (χ0) is 32.8. The van der Waals surface area contributed by atoms with Gasteiger partial charge in [0.1, 0.15) is 24.4 Å². The van der Waals surface area contributed by atoms with E-state index >= 15 is 0 Å². The van der Waals surface area contributed by atoms with E-state index in [2.05, 4.69) is 0 Å². The molecule has 2 saturated carbocycles. The SMILES string of the molecule is CC(=O)O[C@H]1C[C@H]2C[C@@H](C3CCCCC3)OC(=O)C[C@@H]3O[C@H](C[C@@H](C4CCCCC4)OC(=O)C[C@H](O2)[C@@H]1C)C[C@H](OC(C)=O)[C@H]3C. The quantitative estimate of drug-likeness (QED) is 0.265. The van der Waals surface area contributed by atoms with Crippen molar-refractivity contribution < 1.29 is 47.6 Å². The first kappa shape index (κ1) is 35.1. The lowest BCUT2D eigenvalue weighted by atomic mass is 9.80. The van der Waals surface area contributed by atoms with E-state index in [-0.39, 0.29) is 84.8 Å². The van der Waals surface area contributed by atoms with E-state index in [0.717, 1.165) is 51.4 Å². The second-order valence-electron chi connectivity index (χ2n) is 14.8. The molecule has 0 aromatic heterocycles. The highest BCUT2D eigenvalue weighted by Crippen LogP contribution is 2.39. The Bertz CT molecular complexity index is 967. The van der Waals surface area contributed by atoms with Crippen LogP contribution < -0.4 is 0 Å². The summed E-state index contributed by atoms with van der Waals surface area (Å²) in [4.78, 5) is 51.6. The van der Waals surface area contributed by atoms with Crippen LogP contribution in [0, 0.1) is 23.7 Å². The first-order valence-electron chi connectivity index (χ1n) is 18.1. The highest BCUT2D eigenvalue weighted by molar-refractivity contribution is 5.71. The van der Waals surface area contributed by atoms with E-state index in [1.54, 1.807) is 0 Å². The molecular formula is C36H56O10. The smallest absolute Gasteiger partial charge is 0.308 e. The van der Waals surface area contributed by atoms with Gasteiger partial charge in [0.05, 0.1) is 37.3 Å². The van der Waals surface area contributed by atoms with Crippen molar-refractivity contribution in [1.82, 2.24) is 0 Å². The van der Waals surface area contributed by atoms with Gasteiger partial charge in [-0.05, 0) is 37.5 Å².